The van der Waals surface area contributed by atoms with Crippen LogP contribution in [0.2, 0.25) is 0 Å². The van der Waals surface area contributed by atoms with Gasteiger partial charge in [-0.15, -0.1) is 0 Å². The van der Waals surface area contributed by atoms with Gasteiger partial charge in [-0.25, -0.2) is 0 Å². The Morgan fingerprint density at radius 3 is 2.33 bits per heavy atom. The molecule has 0 aliphatic rings. The van der Waals surface area contributed by atoms with E-state index in [9.17, 15) is 8.42 Å². The Balaban J connectivity index is 2.23. The van der Waals surface area contributed by atoms with Gasteiger partial charge in [0.25, 0.3) is 10.1 Å². The van der Waals surface area contributed by atoms with Crippen molar-refractivity contribution in [2.45, 2.75) is 17.7 Å². The number of rotatable bonds is 9. The molecule has 1 rings (SSSR count). The Kier molecular flexibility index (Phi) is 6.89. The van der Waals surface area contributed by atoms with Gasteiger partial charge in [0, 0.05) is 19.8 Å². The van der Waals surface area contributed by atoms with Crippen LogP contribution in [0.5, 0.6) is 0 Å². The van der Waals surface area contributed by atoms with E-state index in [4.69, 9.17) is 14.0 Å². The van der Waals surface area contributed by atoms with Gasteiger partial charge in [-0.1, -0.05) is 18.2 Å². The van der Waals surface area contributed by atoms with E-state index in [1.54, 1.807) is 18.2 Å². The Hall–Kier alpha value is -0.950. The third kappa shape index (κ3) is 5.59. The van der Waals surface area contributed by atoms with E-state index in [2.05, 4.69) is 0 Å². The largest absolute Gasteiger partial charge is 0.396 e. The molecule has 0 spiro atoms. The SMILES string of the molecule is O=S(=O)(OCCCOCCCO)c1ccccc1. The molecular formula is C12H18O5S. The van der Waals surface area contributed by atoms with Crippen LogP contribution in [0.3, 0.4) is 0 Å². The fraction of sp³-hybridized carbons (Fsp3) is 0.500. The van der Waals surface area contributed by atoms with Crippen LogP contribution >= 0.6 is 0 Å². The van der Waals surface area contributed by atoms with Gasteiger partial charge in [-0.05, 0) is 25.0 Å². The Morgan fingerprint density at radius 2 is 1.67 bits per heavy atom. The molecule has 0 aromatic heterocycles. The second-order valence-corrected chi connectivity index (χ2v) is 5.25. The molecule has 6 heteroatoms. The van der Waals surface area contributed by atoms with E-state index in [1.165, 1.54) is 12.1 Å². The second-order valence-electron chi connectivity index (χ2n) is 3.63. The Morgan fingerprint density at radius 1 is 1.00 bits per heavy atom. The molecule has 0 saturated carbocycles. The van der Waals surface area contributed by atoms with Gasteiger partial charge in [0.15, 0.2) is 0 Å². The van der Waals surface area contributed by atoms with Gasteiger partial charge in [-0.3, -0.25) is 4.18 Å². The maximum absolute atomic E-state index is 11.7. The summed E-state index contributed by atoms with van der Waals surface area (Å²) in [6, 6.07) is 8.02. The molecule has 0 heterocycles. The maximum atomic E-state index is 11.7. The first-order valence-electron chi connectivity index (χ1n) is 5.80. The van der Waals surface area contributed by atoms with Gasteiger partial charge in [0.05, 0.1) is 11.5 Å². The summed E-state index contributed by atoms with van der Waals surface area (Å²) < 4.78 is 33.4. The Bertz CT molecular complexity index is 415. The van der Waals surface area contributed by atoms with Gasteiger partial charge < -0.3 is 9.84 Å². The smallest absolute Gasteiger partial charge is 0.296 e. The summed E-state index contributed by atoms with van der Waals surface area (Å²) in [5.74, 6) is 0. The lowest BCUT2D eigenvalue weighted by atomic mass is 10.4. The van der Waals surface area contributed by atoms with Gasteiger partial charge in [0.1, 0.15) is 0 Å². The number of benzene rings is 1. The van der Waals surface area contributed by atoms with Crippen LogP contribution < -0.4 is 0 Å². The fourth-order valence-electron chi connectivity index (χ4n) is 1.25. The highest BCUT2D eigenvalue weighted by Gasteiger charge is 2.13. The summed E-state index contributed by atoms with van der Waals surface area (Å²) in [7, 11) is -3.65. The van der Waals surface area contributed by atoms with Crippen molar-refractivity contribution >= 4 is 10.1 Å². The monoisotopic (exact) mass is 274 g/mol. The van der Waals surface area contributed by atoms with E-state index in [0.29, 0.717) is 26.1 Å². The molecular weight excluding hydrogens is 256 g/mol. The molecule has 0 amide bonds. The van der Waals surface area contributed by atoms with Crippen LogP contribution in [0.25, 0.3) is 0 Å². The van der Waals surface area contributed by atoms with Crippen molar-refractivity contribution in [1.82, 2.24) is 0 Å². The van der Waals surface area contributed by atoms with Crippen LogP contribution in [-0.2, 0) is 19.0 Å². The first-order chi connectivity index (χ1) is 8.67. The topological polar surface area (TPSA) is 72.8 Å². The molecule has 102 valence electrons. The van der Waals surface area contributed by atoms with Crippen molar-refractivity contribution in [2.24, 2.45) is 0 Å². The molecule has 0 saturated heterocycles. The second kappa shape index (κ2) is 8.20. The normalized spacial score (nSPS) is 11.6. The molecule has 0 atom stereocenters. The van der Waals surface area contributed by atoms with Crippen molar-refractivity contribution in [3.8, 4) is 0 Å². The van der Waals surface area contributed by atoms with Crippen LogP contribution in [0.1, 0.15) is 12.8 Å². The number of aliphatic hydroxyl groups is 1. The van der Waals surface area contributed by atoms with Crippen LogP contribution in [0.4, 0.5) is 0 Å². The minimum Gasteiger partial charge on any atom is -0.396 e. The van der Waals surface area contributed by atoms with E-state index in [1.807, 2.05) is 0 Å². The molecule has 18 heavy (non-hydrogen) atoms. The molecule has 0 bridgehead atoms. The predicted octanol–water partition coefficient (Wildman–Crippen LogP) is 1.18. The van der Waals surface area contributed by atoms with Crippen LogP contribution in [0, 0.1) is 0 Å². The highest BCUT2D eigenvalue weighted by Crippen LogP contribution is 2.11. The van der Waals surface area contributed by atoms with Crippen molar-refractivity contribution in [2.75, 3.05) is 26.4 Å². The maximum Gasteiger partial charge on any atom is 0.296 e. The number of hydrogen-bond donors (Lipinski definition) is 1. The number of hydrogen-bond acceptors (Lipinski definition) is 5. The fourth-order valence-corrected chi connectivity index (χ4v) is 2.22. The average Bonchev–Trinajstić information content (AvgIpc) is 2.39. The molecule has 1 N–H and O–H groups in total. The molecule has 1 aromatic carbocycles. The lowest BCUT2D eigenvalue weighted by Gasteiger charge is -2.06. The summed E-state index contributed by atoms with van der Waals surface area (Å²) in [5.41, 5.74) is 0. The average molecular weight is 274 g/mol. The lowest BCUT2D eigenvalue weighted by Crippen LogP contribution is -2.09. The lowest BCUT2D eigenvalue weighted by molar-refractivity contribution is 0.105. The number of aliphatic hydroxyl groups excluding tert-OH is 1. The third-order valence-electron chi connectivity index (χ3n) is 2.15. The van der Waals surface area contributed by atoms with Crippen LogP contribution in [0.15, 0.2) is 35.2 Å². The predicted molar refractivity (Wildman–Crippen MR) is 66.7 cm³/mol. The third-order valence-corrected chi connectivity index (χ3v) is 3.48. The zero-order valence-corrected chi connectivity index (χ0v) is 10.9. The van der Waals surface area contributed by atoms with Crippen LogP contribution in [-0.4, -0.2) is 40.0 Å². The summed E-state index contributed by atoms with van der Waals surface area (Å²) >= 11 is 0. The summed E-state index contributed by atoms with van der Waals surface area (Å²) in [6.07, 6.45) is 1.08. The quantitative estimate of drug-likeness (QED) is 0.541. The zero-order valence-electron chi connectivity index (χ0n) is 10.1. The van der Waals surface area contributed by atoms with Gasteiger partial charge in [-0.2, -0.15) is 8.42 Å². The summed E-state index contributed by atoms with van der Waals surface area (Å²) in [5, 5.41) is 8.52. The molecule has 5 nitrogen and oxygen atoms in total. The molecule has 0 aliphatic heterocycles. The van der Waals surface area contributed by atoms with E-state index < -0.39 is 10.1 Å². The number of ether oxygens (including phenoxy) is 1. The standard InChI is InChI=1S/C12H18O5S/c13-8-4-9-16-10-5-11-17-18(14,15)12-6-2-1-3-7-12/h1-3,6-7,13H,4-5,8-11H2. The summed E-state index contributed by atoms with van der Waals surface area (Å²) in [6.45, 7) is 1.08. The minimum atomic E-state index is -3.65. The first kappa shape index (κ1) is 15.1. The van der Waals surface area contributed by atoms with Crippen molar-refractivity contribution in [3.05, 3.63) is 30.3 Å². The molecule has 1 aromatic rings. The zero-order chi connectivity index (χ0) is 13.3. The highest BCUT2D eigenvalue weighted by atomic mass is 32.2. The van der Waals surface area contributed by atoms with E-state index in [-0.39, 0.29) is 18.1 Å². The van der Waals surface area contributed by atoms with Crippen molar-refractivity contribution in [1.29, 1.82) is 0 Å². The van der Waals surface area contributed by atoms with E-state index >= 15 is 0 Å². The molecule has 0 unspecified atom stereocenters. The van der Waals surface area contributed by atoms with Crippen molar-refractivity contribution < 1.29 is 22.4 Å². The van der Waals surface area contributed by atoms with Crippen molar-refractivity contribution in [3.63, 3.8) is 0 Å². The molecule has 0 fully saturated rings. The first-order valence-corrected chi connectivity index (χ1v) is 7.21. The molecule has 0 radical (unpaired) electrons. The van der Waals surface area contributed by atoms with Gasteiger partial charge >= 0.3 is 0 Å². The summed E-state index contributed by atoms with van der Waals surface area (Å²) in [4.78, 5) is 0.159. The highest BCUT2D eigenvalue weighted by molar-refractivity contribution is 7.86. The Labute approximate surface area is 107 Å². The van der Waals surface area contributed by atoms with Gasteiger partial charge in [0.2, 0.25) is 0 Å². The minimum absolute atomic E-state index is 0.0936. The molecule has 0 aliphatic carbocycles. The van der Waals surface area contributed by atoms with E-state index in [0.717, 1.165) is 0 Å².